The van der Waals surface area contributed by atoms with Crippen molar-refractivity contribution in [3.63, 3.8) is 0 Å². The van der Waals surface area contributed by atoms with E-state index < -0.39 is 38.4 Å². The lowest BCUT2D eigenvalue weighted by Crippen LogP contribution is -3.13. The molecule has 2 aromatic rings. The fourth-order valence-corrected chi connectivity index (χ4v) is 5.48. The van der Waals surface area contributed by atoms with Gasteiger partial charge < -0.3 is 19.9 Å². The van der Waals surface area contributed by atoms with Gasteiger partial charge in [0.1, 0.15) is 0 Å². The van der Waals surface area contributed by atoms with Gasteiger partial charge in [-0.2, -0.15) is 0 Å². The molecule has 1 atom stereocenters. The van der Waals surface area contributed by atoms with Crippen molar-refractivity contribution in [2.75, 3.05) is 19.6 Å². The van der Waals surface area contributed by atoms with Gasteiger partial charge in [0.05, 0.1) is 47.1 Å². The Kier molecular flexibility index (Phi) is 10.1. The number of likely N-dealkylation sites (tertiary alicyclic amines) is 1. The summed E-state index contributed by atoms with van der Waals surface area (Å²) < 4.78 is 0. The number of nitro groups is 2. The lowest BCUT2D eigenvalue weighted by molar-refractivity contribution is -0.905. The number of non-ortho nitro benzene ring substituents is 2. The first-order chi connectivity index (χ1) is 17.7. The molecule has 0 radical (unpaired) electrons. The van der Waals surface area contributed by atoms with Crippen molar-refractivity contribution in [2.45, 2.75) is 63.4 Å². The van der Waals surface area contributed by atoms with Crippen molar-refractivity contribution in [3.05, 3.63) is 79.9 Å². The molecule has 2 N–H and O–H groups in total. The van der Waals surface area contributed by atoms with Crippen molar-refractivity contribution in [3.8, 4) is 0 Å². The largest absolute Gasteiger partial charge is 0.545 e. The molecule has 1 saturated carbocycles. The smallest absolute Gasteiger partial charge is 0.276 e. The van der Waals surface area contributed by atoms with Crippen molar-refractivity contribution >= 4 is 17.3 Å². The van der Waals surface area contributed by atoms with E-state index in [2.05, 4.69) is 30.3 Å². The second-order valence-electron chi connectivity index (χ2n) is 9.98. The highest BCUT2D eigenvalue weighted by molar-refractivity contribution is 5.87. The van der Waals surface area contributed by atoms with Crippen LogP contribution >= 0.6 is 0 Å². The molecule has 10 heteroatoms. The zero-order valence-electron chi connectivity index (χ0n) is 21.0. The van der Waals surface area contributed by atoms with E-state index in [0.717, 1.165) is 18.5 Å². The van der Waals surface area contributed by atoms with Gasteiger partial charge >= 0.3 is 0 Å². The number of aromatic carboxylic acids is 1. The third-order valence-corrected chi connectivity index (χ3v) is 7.53. The van der Waals surface area contributed by atoms with Gasteiger partial charge in [-0.15, -0.1) is 0 Å². The zero-order chi connectivity index (χ0) is 26.8. The third-order valence-electron chi connectivity index (χ3n) is 7.53. The van der Waals surface area contributed by atoms with E-state index in [1.54, 1.807) is 4.90 Å². The number of aliphatic hydroxyl groups is 1. The van der Waals surface area contributed by atoms with Crippen LogP contribution in [-0.4, -0.2) is 40.6 Å². The molecular formula is C27H35N3O7. The molecule has 4 rings (SSSR count). The quantitative estimate of drug-likeness (QED) is 0.407. The summed E-state index contributed by atoms with van der Waals surface area (Å²) in [6, 6.07) is 12.6. The summed E-state index contributed by atoms with van der Waals surface area (Å²) in [5, 5.41) is 42.7. The van der Waals surface area contributed by atoms with Crippen LogP contribution in [0.1, 0.15) is 73.7 Å². The first-order valence-electron chi connectivity index (χ1n) is 13.0. The molecule has 0 aromatic heterocycles. The summed E-state index contributed by atoms with van der Waals surface area (Å²) in [5.41, 5.74) is -1.38. The summed E-state index contributed by atoms with van der Waals surface area (Å²) in [4.78, 5) is 30.9. The highest BCUT2D eigenvalue weighted by Gasteiger charge is 2.39. The average molecular weight is 514 g/mol. The first kappa shape index (κ1) is 28.2. The van der Waals surface area contributed by atoms with Gasteiger partial charge in [-0.25, -0.2) is 0 Å². The van der Waals surface area contributed by atoms with Crippen LogP contribution < -0.4 is 10.0 Å². The Morgan fingerprint density at radius 3 is 1.95 bits per heavy atom. The fourth-order valence-electron chi connectivity index (χ4n) is 5.48. The number of nitro benzene ring substituents is 2. The van der Waals surface area contributed by atoms with Gasteiger partial charge in [-0.05, 0) is 43.6 Å². The van der Waals surface area contributed by atoms with E-state index in [1.807, 2.05) is 0 Å². The Hall–Kier alpha value is -3.37. The molecule has 1 saturated heterocycles. The minimum Gasteiger partial charge on any atom is -0.545 e. The van der Waals surface area contributed by atoms with Crippen LogP contribution in [0.3, 0.4) is 0 Å². The molecule has 2 aliphatic rings. The minimum absolute atomic E-state index is 0.452. The average Bonchev–Trinajstić information content (AvgIpc) is 2.93. The SMILES string of the molecule is O=C([O-])c1cc([N+](=O)[O-])cc([N+](=O)[O-])c1.O[C@](CC[NH+]1CCCCC1)(c1ccccc1)C1CCCCC1. The minimum atomic E-state index is -1.71. The molecule has 0 bridgehead atoms. The number of rotatable bonds is 8. The van der Waals surface area contributed by atoms with E-state index in [4.69, 9.17) is 0 Å². The molecule has 1 heterocycles. The first-order valence-corrected chi connectivity index (χ1v) is 13.0. The Morgan fingerprint density at radius 2 is 1.43 bits per heavy atom. The summed E-state index contributed by atoms with van der Waals surface area (Å²) in [7, 11) is 0. The molecule has 10 nitrogen and oxygen atoms in total. The number of nitrogens with zero attached hydrogens (tertiary/aromatic N) is 2. The number of carbonyl (C=O) groups excluding carboxylic acids is 1. The standard InChI is InChI=1S/C20H31NO.C7H4N2O6/c22-20(18-10-4-1-5-11-18,19-12-6-2-7-13-19)14-17-21-15-8-3-9-16-21;10-7(11)4-1-5(8(12)13)3-6(2-4)9(14)15/h1,4-5,10-11,19,22H,2-3,6-9,12-17H2;1-3H,(H,10,11)/t20-;/m1./s1. The Labute approximate surface area is 216 Å². The predicted octanol–water partition coefficient (Wildman–Crippen LogP) is 2.78. The lowest BCUT2D eigenvalue weighted by Gasteiger charge is -2.40. The summed E-state index contributed by atoms with van der Waals surface area (Å²) >= 11 is 0. The van der Waals surface area contributed by atoms with E-state index in [0.29, 0.717) is 24.1 Å². The Morgan fingerprint density at radius 1 is 0.892 bits per heavy atom. The summed E-state index contributed by atoms with van der Waals surface area (Å²) in [5.74, 6) is -1.25. The van der Waals surface area contributed by atoms with Crippen LogP contribution in [0, 0.1) is 26.1 Å². The maximum absolute atomic E-state index is 11.6. The van der Waals surface area contributed by atoms with E-state index >= 15 is 0 Å². The van der Waals surface area contributed by atoms with Crippen molar-refractivity contribution < 1.29 is 29.8 Å². The summed E-state index contributed by atoms with van der Waals surface area (Å²) in [6.45, 7) is 3.73. The molecule has 0 unspecified atom stereocenters. The number of carbonyl (C=O) groups is 1. The lowest BCUT2D eigenvalue weighted by atomic mass is 9.71. The van der Waals surface area contributed by atoms with Crippen LogP contribution in [-0.2, 0) is 5.60 Å². The third kappa shape index (κ3) is 7.80. The number of nitrogens with one attached hydrogen (secondary N) is 1. The molecule has 2 fully saturated rings. The topological polar surface area (TPSA) is 151 Å². The van der Waals surface area contributed by atoms with Crippen molar-refractivity contribution in [1.82, 2.24) is 0 Å². The maximum atomic E-state index is 11.6. The normalized spacial score (nSPS) is 18.2. The highest BCUT2D eigenvalue weighted by Crippen LogP contribution is 2.41. The number of carboxylic acid groups (broad SMARTS) is 1. The van der Waals surface area contributed by atoms with Gasteiger partial charge in [0.15, 0.2) is 0 Å². The number of hydrogen-bond donors (Lipinski definition) is 2. The molecule has 0 spiro atoms. The van der Waals surface area contributed by atoms with Gasteiger partial charge in [-0.1, -0.05) is 49.6 Å². The van der Waals surface area contributed by atoms with Crippen LogP contribution in [0.5, 0.6) is 0 Å². The highest BCUT2D eigenvalue weighted by atomic mass is 16.6. The van der Waals surface area contributed by atoms with Gasteiger partial charge in [-0.3, -0.25) is 20.2 Å². The van der Waals surface area contributed by atoms with Crippen LogP contribution in [0.4, 0.5) is 11.4 Å². The number of carboxylic acids is 1. The fraction of sp³-hybridized carbons (Fsp3) is 0.519. The molecule has 37 heavy (non-hydrogen) atoms. The number of benzene rings is 2. The Balaban J connectivity index is 0.000000222. The van der Waals surface area contributed by atoms with E-state index in [9.17, 15) is 35.2 Å². The maximum Gasteiger partial charge on any atom is 0.276 e. The van der Waals surface area contributed by atoms with Gasteiger partial charge in [0, 0.05) is 24.1 Å². The molecule has 0 amide bonds. The number of hydrogen-bond acceptors (Lipinski definition) is 7. The van der Waals surface area contributed by atoms with E-state index in [1.165, 1.54) is 64.5 Å². The number of quaternary nitrogens is 1. The van der Waals surface area contributed by atoms with Gasteiger partial charge in [0.25, 0.3) is 11.4 Å². The predicted molar refractivity (Wildman–Crippen MR) is 135 cm³/mol. The summed E-state index contributed by atoms with van der Waals surface area (Å²) in [6.07, 6.45) is 11.4. The van der Waals surface area contributed by atoms with E-state index in [-0.39, 0.29) is 0 Å². The van der Waals surface area contributed by atoms with Crippen LogP contribution in [0.2, 0.25) is 0 Å². The van der Waals surface area contributed by atoms with Crippen LogP contribution in [0.25, 0.3) is 0 Å². The number of piperidine rings is 1. The monoisotopic (exact) mass is 513 g/mol. The molecule has 2 aromatic carbocycles. The molecule has 200 valence electrons. The van der Waals surface area contributed by atoms with Crippen molar-refractivity contribution in [1.29, 1.82) is 0 Å². The second-order valence-corrected chi connectivity index (χ2v) is 9.98. The van der Waals surface area contributed by atoms with Gasteiger partial charge in [0.2, 0.25) is 0 Å². The molecular weight excluding hydrogens is 478 g/mol. The Bertz CT molecular complexity index is 988. The zero-order valence-corrected chi connectivity index (χ0v) is 21.0. The molecule has 1 aliphatic carbocycles. The van der Waals surface area contributed by atoms with Crippen molar-refractivity contribution in [2.24, 2.45) is 5.92 Å². The molecule has 1 aliphatic heterocycles. The second kappa shape index (κ2) is 13.3. The van der Waals surface area contributed by atoms with Crippen LogP contribution in [0.15, 0.2) is 48.5 Å².